The number of anilines is 2. The van der Waals surface area contributed by atoms with Gasteiger partial charge in [-0.3, -0.25) is 19.1 Å². The Labute approximate surface area is 149 Å². The molecule has 3 aromatic rings. The summed E-state index contributed by atoms with van der Waals surface area (Å²) in [6, 6.07) is 13.5. The van der Waals surface area contributed by atoms with Crippen LogP contribution in [0.3, 0.4) is 0 Å². The molecule has 2 aromatic carbocycles. The van der Waals surface area contributed by atoms with E-state index in [9.17, 15) is 14.4 Å². The van der Waals surface area contributed by atoms with Gasteiger partial charge in [-0.15, -0.1) is 0 Å². The molecule has 3 rings (SSSR count). The Morgan fingerprint density at radius 1 is 1.15 bits per heavy atom. The number of nitrogens with one attached hydrogen (secondary N) is 2. The van der Waals surface area contributed by atoms with Crippen LogP contribution in [0.5, 0.6) is 0 Å². The number of Topliss-reactive ketones (excluding diaryl/α,β-unsaturated/α-hetero) is 1. The topological polar surface area (TPSA) is 110 Å². The molecule has 0 aliphatic carbocycles. The number of carbonyl (C=O) groups is 1. The quantitative estimate of drug-likeness (QED) is 0.588. The fourth-order valence-electron chi connectivity index (χ4n) is 2.95. The maximum atomic E-state index is 12.6. The smallest absolute Gasteiger partial charge is 0.329 e. The lowest BCUT2D eigenvalue weighted by Gasteiger charge is -2.12. The first-order chi connectivity index (χ1) is 12.5. The summed E-state index contributed by atoms with van der Waals surface area (Å²) >= 11 is 0. The molecule has 1 aromatic heterocycles. The number of carbonyl (C=O) groups excluding carboxylic acids is 1. The molecule has 0 spiro atoms. The summed E-state index contributed by atoms with van der Waals surface area (Å²) in [4.78, 5) is 38.7. The van der Waals surface area contributed by atoms with Gasteiger partial charge in [-0.05, 0) is 17.9 Å². The van der Waals surface area contributed by atoms with Crippen LogP contribution in [0.25, 0.3) is 10.8 Å². The largest absolute Gasteiger partial charge is 0.384 e. The van der Waals surface area contributed by atoms with Gasteiger partial charge in [0.2, 0.25) is 0 Å². The van der Waals surface area contributed by atoms with Crippen molar-refractivity contribution in [1.82, 2.24) is 9.55 Å². The normalized spacial score (nSPS) is 10.8. The SMILES string of the molecule is CCCn1c(N)c(C(=O)CNc2cccc3ccccc23)c(=O)[nH]c1=O. The Hall–Kier alpha value is -3.35. The van der Waals surface area contributed by atoms with Crippen molar-refractivity contribution in [2.75, 3.05) is 17.6 Å². The van der Waals surface area contributed by atoms with Gasteiger partial charge < -0.3 is 11.1 Å². The second-order valence-electron chi connectivity index (χ2n) is 5.97. The first-order valence-electron chi connectivity index (χ1n) is 8.40. The number of benzene rings is 2. The number of rotatable bonds is 6. The van der Waals surface area contributed by atoms with Gasteiger partial charge in [0.05, 0.1) is 6.54 Å². The third-order valence-electron chi connectivity index (χ3n) is 4.19. The van der Waals surface area contributed by atoms with Gasteiger partial charge in [0.25, 0.3) is 5.56 Å². The standard InChI is InChI=1S/C19H20N4O3/c1-2-10-23-17(20)16(18(25)22-19(23)26)15(24)11-21-14-9-5-7-12-6-3-4-8-13(12)14/h3-9,21H,2,10-11,20H2,1H3,(H,22,25,26). The number of nitrogens with two attached hydrogens (primary N) is 1. The number of fused-ring (bicyclic) bond motifs is 1. The van der Waals surface area contributed by atoms with E-state index in [1.165, 1.54) is 4.57 Å². The molecule has 7 nitrogen and oxygen atoms in total. The number of ketones is 1. The summed E-state index contributed by atoms with van der Waals surface area (Å²) in [5.74, 6) is -0.563. The molecule has 0 aliphatic rings. The third-order valence-corrected chi connectivity index (χ3v) is 4.19. The molecule has 0 radical (unpaired) electrons. The van der Waals surface area contributed by atoms with Gasteiger partial charge in [-0.25, -0.2) is 4.79 Å². The lowest BCUT2D eigenvalue weighted by molar-refractivity contribution is 0.100. The van der Waals surface area contributed by atoms with E-state index in [1.54, 1.807) is 0 Å². The van der Waals surface area contributed by atoms with Crippen molar-refractivity contribution in [2.45, 2.75) is 19.9 Å². The summed E-state index contributed by atoms with van der Waals surface area (Å²) in [6.45, 7) is 2.10. The summed E-state index contributed by atoms with van der Waals surface area (Å²) < 4.78 is 1.21. The van der Waals surface area contributed by atoms with Crippen molar-refractivity contribution in [3.8, 4) is 0 Å². The summed E-state index contributed by atoms with van der Waals surface area (Å²) in [5.41, 5.74) is 5.16. The van der Waals surface area contributed by atoms with Gasteiger partial charge >= 0.3 is 5.69 Å². The Morgan fingerprint density at radius 2 is 1.88 bits per heavy atom. The third kappa shape index (κ3) is 3.23. The summed E-state index contributed by atoms with van der Waals surface area (Å²) in [7, 11) is 0. The van der Waals surface area contributed by atoms with Crippen LogP contribution >= 0.6 is 0 Å². The Balaban J connectivity index is 1.90. The lowest BCUT2D eigenvalue weighted by atomic mass is 10.1. The molecule has 0 bridgehead atoms. The van der Waals surface area contributed by atoms with Crippen molar-refractivity contribution < 1.29 is 4.79 Å². The van der Waals surface area contributed by atoms with E-state index in [0.717, 1.165) is 16.5 Å². The molecule has 0 aliphatic heterocycles. The maximum Gasteiger partial charge on any atom is 0.329 e. The van der Waals surface area contributed by atoms with Gasteiger partial charge in [-0.2, -0.15) is 0 Å². The zero-order valence-electron chi connectivity index (χ0n) is 14.4. The number of nitrogen functional groups attached to an aromatic ring is 1. The second kappa shape index (κ2) is 7.26. The Kier molecular flexibility index (Phi) is 4.88. The number of hydrogen-bond donors (Lipinski definition) is 3. The second-order valence-corrected chi connectivity index (χ2v) is 5.97. The lowest BCUT2D eigenvalue weighted by Crippen LogP contribution is -2.37. The molecule has 0 fully saturated rings. The van der Waals surface area contributed by atoms with Crippen molar-refractivity contribution >= 4 is 28.1 Å². The molecular formula is C19H20N4O3. The first kappa shape index (κ1) is 17.5. The molecule has 0 atom stereocenters. The average molecular weight is 352 g/mol. The Bertz CT molecular complexity index is 1080. The van der Waals surface area contributed by atoms with Crippen LogP contribution in [-0.2, 0) is 6.54 Å². The molecule has 1 heterocycles. The molecule has 0 unspecified atom stereocenters. The molecule has 0 saturated carbocycles. The van der Waals surface area contributed by atoms with Crippen LogP contribution in [-0.4, -0.2) is 21.9 Å². The number of H-pyrrole nitrogens is 1. The van der Waals surface area contributed by atoms with E-state index >= 15 is 0 Å². The van der Waals surface area contributed by atoms with E-state index < -0.39 is 17.0 Å². The highest BCUT2D eigenvalue weighted by atomic mass is 16.2. The summed E-state index contributed by atoms with van der Waals surface area (Å²) in [5, 5.41) is 5.07. The van der Waals surface area contributed by atoms with Crippen LogP contribution in [0.1, 0.15) is 23.7 Å². The van der Waals surface area contributed by atoms with E-state index in [1.807, 2.05) is 49.4 Å². The number of aromatic amines is 1. The van der Waals surface area contributed by atoms with Crippen LogP contribution in [0.4, 0.5) is 11.5 Å². The van der Waals surface area contributed by atoms with Gasteiger partial charge in [-0.1, -0.05) is 43.3 Å². The number of aromatic nitrogens is 2. The van der Waals surface area contributed by atoms with E-state index in [0.29, 0.717) is 13.0 Å². The molecule has 4 N–H and O–H groups in total. The van der Waals surface area contributed by atoms with Crippen molar-refractivity contribution in [1.29, 1.82) is 0 Å². The van der Waals surface area contributed by atoms with Crippen LogP contribution in [0.2, 0.25) is 0 Å². The zero-order valence-corrected chi connectivity index (χ0v) is 14.4. The minimum absolute atomic E-state index is 0.0923. The molecule has 26 heavy (non-hydrogen) atoms. The minimum atomic E-state index is -0.760. The van der Waals surface area contributed by atoms with Gasteiger partial charge in [0.1, 0.15) is 11.4 Å². The van der Waals surface area contributed by atoms with E-state index in [-0.39, 0.29) is 17.9 Å². The van der Waals surface area contributed by atoms with Crippen molar-refractivity contribution in [3.05, 3.63) is 68.9 Å². The number of hydrogen-bond acceptors (Lipinski definition) is 5. The fourth-order valence-corrected chi connectivity index (χ4v) is 2.95. The van der Waals surface area contributed by atoms with Gasteiger partial charge in [0.15, 0.2) is 5.78 Å². The molecule has 0 saturated heterocycles. The molecule has 7 heteroatoms. The molecule has 134 valence electrons. The highest BCUT2D eigenvalue weighted by molar-refractivity contribution is 6.03. The van der Waals surface area contributed by atoms with Crippen molar-refractivity contribution in [2.24, 2.45) is 0 Å². The molecule has 0 amide bonds. The van der Waals surface area contributed by atoms with Crippen LogP contribution in [0.15, 0.2) is 52.1 Å². The minimum Gasteiger partial charge on any atom is -0.384 e. The predicted molar refractivity (Wildman–Crippen MR) is 103 cm³/mol. The van der Waals surface area contributed by atoms with E-state index in [4.69, 9.17) is 5.73 Å². The maximum absolute atomic E-state index is 12.6. The monoisotopic (exact) mass is 352 g/mol. The van der Waals surface area contributed by atoms with E-state index in [2.05, 4.69) is 10.3 Å². The van der Waals surface area contributed by atoms with Crippen LogP contribution < -0.4 is 22.3 Å². The fraction of sp³-hybridized carbons (Fsp3) is 0.211. The average Bonchev–Trinajstić information content (AvgIpc) is 2.63. The van der Waals surface area contributed by atoms with Crippen LogP contribution in [0, 0.1) is 0 Å². The predicted octanol–water partition coefficient (Wildman–Crippen LogP) is 1.98. The number of nitrogens with zero attached hydrogens (tertiary/aromatic N) is 1. The highest BCUT2D eigenvalue weighted by Gasteiger charge is 2.19. The highest BCUT2D eigenvalue weighted by Crippen LogP contribution is 2.22. The zero-order chi connectivity index (χ0) is 18.7. The van der Waals surface area contributed by atoms with Crippen molar-refractivity contribution in [3.63, 3.8) is 0 Å². The Morgan fingerprint density at radius 3 is 2.65 bits per heavy atom. The van der Waals surface area contributed by atoms with Gasteiger partial charge in [0, 0.05) is 17.6 Å². The summed E-state index contributed by atoms with van der Waals surface area (Å²) in [6.07, 6.45) is 0.651. The first-order valence-corrected chi connectivity index (χ1v) is 8.40. The molecular weight excluding hydrogens is 332 g/mol.